The third-order valence-corrected chi connectivity index (χ3v) is 2.92. The van der Waals surface area contributed by atoms with Crippen LogP contribution in [0.3, 0.4) is 0 Å². The highest BCUT2D eigenvalue weighted by atomic mass is 79.9. The molecule has 88 valence electrons. The second kappa shape index (κ2) is 4.67. The van der Waals surface area contributed by atoms with Gasteiger partial charge < -0.3 is 4.74 Å². The van der Waals surface area contributed by atoms with Crippen molar-refractivity contribution < 1.29 is 4.74 Å². The van der Waals surface area contributed by atoms with Gasteiger partial charge in [0, 0.05) is 5.56 Å². The van der Waals surface area contributed by atoms with Gasteiger partial charge >= 0.3 is 0 Å². The van der Waals surface area contributed by atoms with E-state index in [2.05, 4.69) is 31.1 Å². The minimum Gasteiger partial charge on any atom is -0.495 e. The molecule has 0 aliphatic carbocycles. The van der Waals surface area contributed by atoms with Crippen molar-refractivity contribution in [3.63, 3.8) is 0 Å². The largest absolute Gasteiger partial charge is 0.495 e. The highest BCUT2D eigenvalue weighted by molar-refractivity contribution is 9.10. The number of nitrogens with one attached hydrogen (secondary N) is 1. The van der Waals surface area contributed by atoms with Crippen molar-refractivity contribution in [2.75, 3.05) is 7.11 Å². The molecule has 0 radical (unpaired) electrons. The number of aryl methyl sites for hydroxylation is 1. The summed E-state index contributed by atoms with van der Waals surface area (Å²) >= 11 is 3.40. The molecule has 0 atom stereocenters. The van der Waals surface area contributed by atoms with E-state index in [1.807, 2.05) is 13.0 Å². The molecule has 5 nitrogen and oxygen atoms in total. The second-order valence-electron chi connectivity index (χ2n) is 3.47. The molecule has 1 heterocycles. The molecule has 1 aromatic heterocycles. The fraction of sp³-hybridized carbons (Fsp3) is 0.182. The van der Waals surface area contributed by atoms with E-state index < -0.39 is 0 Å². The van der Waals surface area contributed by atoms with E-state index in [4.69, 9.17) is 4.74 Å². The van der Waals surface area contributed by atoms with Crippen LogP contribution >= 0.6 is 15.9 Å². The van der Waals surface area contributed by atoms with Gasteiger partial charge in [-0.05, 0) is 40.5 Å². The first kappa shape index (κ1) is 11.8. The molecule has 0 fully saturated rings. The van der Waals surface area contributed by atoms with Crippen LogP contribution in [0.25, 0.3) is 11.3 Å². The maximum Gasteiger partial charge on any atom is 0.290 e. The van der Waals surface area contributed by atoms with Gasteiger partial charge in [0.15, 0.2) is 0 Å². The Morgan fingerprint density at radius 2 is 2.18 bits per heavy atom. The zero-order valence-electron chi connectivity index (χ0n) is 9.32. The van der Waals surface area contributed by atoms with Crippen LogP contribution in [0.5, 0.6) is 5.75 Å². The molecule has 0 bridgehead atoms. The van der Waals surface area contributed by atoms with Crippen molar-refractivity contribution in [2.24, 2.45) is 0 Å². The zero-order chi connectivity index (χ0) is 12.4. The number of benzene rings is 1. The smallest absolute Gasteiger partial charge is 0.290 e. The topological polar surface area (TPSA) is 67.9 Å². The molecular formula is C11H10BrN3O2. The van der Waals surface area contributed by atoms with E-state index in [1.165, 1.54) is 6.33 Å². The Morgan fingerprint density at radius 1 is 1.41 bits per heavy atom. The van der Waals surface area contributed by atoms with E-state index in [0.717, 1.165) is 21.3 Å². The van der Waals surface area contributed by atoms with Crippen LogP contribution in [0, 0.1) is 6.92 Å². The van der Waals surface area contributed by atoms with Crippen LogP contribution in [0.4, 0.5) is 0 Å². The number of nitrogens with zero attached hydrogens (tertiary/aromatic N) is 2. The van der Waals surface area contributed by atoms with Gasteiger partial charge in [-0.15, -0.1) is 0 Å². The quantitative estimate of drug-likeness (QED) is 0.919. The standard InChI is InChI=1S/C11H10BrN3O2/c1-6-3-7(4-8(12)10(6)17-2)9-11(16)15-14-5-13-9/h3-5H,1-2H3,(H,15,16). The van der Waals surface area contributed by atoms with Crippen molar-refractivity contribution in [1.29, 1.82) is 0 Å². The average molecular weight is 296 g/mol. The summed E-state index contributed by atoms with van der Waals surface area (Å²) < 4.78 is 6.02. The van der Waals surface area contributed by atoms with Crippen LogP contribution in [0.2, 0.25) is 0 Å². The molecule has 2 aromatic rings. The lowest BCUT2D eigenvalue weighted by molar-refractivity contribution is 0.409. The third kappa shape index (κ3) is 2.21. The van der Waals surface area contributed by atoms with Crippen molar-refractivity contribution in [2.45, 2.75) is 6.92 Å². The predicted molar refractivity (Wildman–Crippen MR) is 67.1 cm³/mol. The molecule has 0 spiro atoms. The van der Waals surface area contributed by atoms with Crippen LogP contribution in [-0.4, -0.2) is 22.3 Å². The summed E-state index contributed by atoms with van der Waals surface area (Å²) in [6, 6.07) is 3.64. The predicted octanol–water partition coefficient (Wildman–Crippen LogP) is 1.91. The number of halogens is 1. The lowest BCUT2D eigenvalue weighted by atomic mass is 10.1. The molecule has 17 heavy (non-hydrogen) atoms. The van der Waals surface area contributed by atoms with Gasteiger partial charge in [-0.2, -0.15) is 5.10 Å². The third-order valence-electron chi connectivity index (χ3n) is 2.33. The highest BCUT2D eigenvalue weighted by Crippen LogP contribution is 2.32. The first-order valence-corrected chi connectivity index (χ1v) is 5.67. The number of hydrogen-bond acceptors (Lipinski definition) is 4. The summed E-state index contributed by atoms with van der Waals surface area (Å²) in [5, 5.41) is 5.92. The summed E-state index contributed by atoms with van der Waals surface area (Å²) in [6.07, 6.45) is 1.31. The molecule has 0 amide bonds. The molecule has 0 saturated heterocycles. The number of rotatable bonds is 2. The van der Waals surface area contributed by atoms with Crippen molar-refractivity contribution in [1.82, 2.24) is 15.2 Å². The molecule has 6 heteroatoms. The Bertz CT molecular complexity index is 587. The minimum atomic E-state index is -0.316. The summed E-state index contributed by atoms with van der Waals surface area (Å²) in [5.74, 6) is 0.749. The maximum atomic E-state index is 11.6. The molecular weight excluding hydrogens is 286 g/mol. The van der Waals surface area contributed by atoms with Crippen LogP contribution in [0.15, 0.2) is 27.7 Å². The first-order valence-electron chi connectivity index (χ1n) is 4.87. The summed E-state index contributed by atoms with van der Waals surface area (Å²) in [5.41, 5.74) is 1.67. The fourth-order valence-corrected chi connectivity index (χ4v) is 2.34. The summed E-state index contributed by atoms with van der Waals surface area (Å²) in [7, 11) is 1.60. The lowest BCUT2D eigenvalue weighted by Gasteiger charge is -2.09. The molecule has 0 aliphatic heterocycles. The van der Waals surface area contributed by atoms with Gasteiger partial charge in [0.2, 0.25) is 0 Å². The SMILES string of the molecule is COc1c(C)cc(-c2ncn[nH]c2=O)cc1Br. The zero-order valence-corrected chi connectivity index (χ0v) is 10.9. The van der Waals surface area contributed by atoms with Gasteiger partial charge in [0.1, 0.15) is 17.8 Å². The van der Waals surface area contributed by atoms with Crippen LogP contribution < -0.4 is 10.3 Å². The van der Waals surface area contributed by atoms with Crippen LogP contribution in [-0.2, 0) is 0 Å². The normalized spacial score (nSPS) is 10.3. The van der Waals surface area contributed by atoms with Gasteiger partial charge in [0.25, 0.3) is 5.56 Å². The Hall–Kier alpha value is -1.69. The highest BCUT2D eigenvalue weighted by Gasteiger charge is 2.11. The van der Waals surface area contributed by atoms with Gasteiger partial charge in [-0.25, -0.2) is 10.1 Å². The molecule has 2 rings (SSSR count). The Balaban J connectivity index is 2.63. The van der Waals surface area contributed by atoms with E-state index in [1.54, 1.807) is 13.2 Å². The average Bonchev–Trinajstić information content (AvgIpc) is 2.29. The maximum absolute atomic E-state index is 11.6. The number of aromatic nitrogens is 3. The fourth-order valence-electron chi connectivity index (χ4n) is 1.62. The monoisotopic (exact) mass is 295 g/mol. The van der Waals surface area contributed by atoms with Gasteiger partial charge in [-0.3, -0.25) is 4.79 Å². The minimum absolute atomic E-state index is 0.316. The van der Waals surface area contributed by atoms with E-state index in [-0.39, 0.29) is 5.56 Å². The van der Waals surface area contributed by atoms with E-state index in [9.17, 15) is 4.79 Å². The first-order chi connectivity index (χ1) is 8.13. The second-order valence-corrected chi connectivity index (χ2v) is 4.33. The van der Waals surface area contributed by atoms with Gasteiger partial charge in [0.05, 0.1) is 11.6 Å². The Kier molecular flexibility index (Phi) is 3.23. The molecule has 1 aromatic carbocycles. The molecule has 1 N–H and O–H groups in total. The number of methoxy groups -OCH3 is 1. The number of H-pyrrole nitrogens is 1. The number of aromatic amines is 1. The van der Waals surface area contributed by atoms with Crippen molar-refractivity contribution in [3.8, 4) is 17.0 Å². The Morgan fingerprint density at radius 3 is 2.76 bits per heavy atom. The Labute approximate surface area is 106 Å². The van der Waals surface area contributed by atoms with Crippen molar-refractivity contribution >= 4 is 15.9 Å². The molecule has 0 aliphatic rings. The summed E-state index contributed by atoms with van der Waals surface area (Å²) in [6.45, 7) is 1.91. The summed E-state index contributed by atoms with van der Waals surface area (Å²) in [4.78, 5) is 15.5. The number of hydrogen-bond donors (Lipinski definition) is 1. The molecule has 0 unspecified atom stereocenters. The van der Waals surface area contributed by atoms with E-state index in [0.29, 0.717) is 5.69 Å². The van der Waals surface area contributed by atoms with Gasteiger partial charge in [-0.1, -0.05) is 0 Å². The number of ether oxygens (including phenoxy) is 1. The molecule has 0 saturated carbocycles. The van der Waals surface area contributed by atoms with Crippen LogP contribution in [0.1, 0.15) is 5.56 Å². The lowest BCUT2D eigenvalue weighted by Crippen LogP contribution is -2.12. The van der Waals surface area contributed by atoms with E-state index >= 15 is 0 Å². The van der Waals surface area contributed by atoms with Crippen molar-refractivity contribution in [3.05, 3.63) is 38.9 Å².